The molecule has 2 aromatic carbocycles. The third kappa shape index (κ3) is 5.00. The molecule has 2 aromatic rings. The average Bonchev–Trinajstić information content (AvgIpc) is 2.88. The van der Waals surface area contributed by atoms with E-state index in [1.807, 2.05) is 0 Å². The van der Waals surface area contributed by atoms with Gasteiger partial charge in [-0.1, -0.05) is 0 Å². The van der Waals surface area contributed by atoms with Crippen LogP contribution in [0.15, 0.2) is 53.4 Å². The van der Waals surface area contributed by atoms with Gasteiger partial charge in [0.05, 0.1) is 28.9 Å². The van der Waals surface area contributed by atoms with E-state index in [0.717, 1.165) is 4.31 Å². The zero-order valence-electron chi connectivity index (χ0n) is 17.4. The van der Waals surface area contributed by atoms with E-state index in [4.69, 9.17) is 9.47 Å². The SMILES string of the molecule is COc1ccc(OCCNS(=O)(=O)c2ccc(N3C(=O)C(C)(C)CS3(=O)=O)cc2)cc1. The number of sulfonamides is 2. The summed E-state index contributed by atoms with van der Waals surface area (Å²) in [5, 5.41) is 0. The van der Waals surface area contributed by atoms with Gasteiger partial charge in [-0.05, 0) is 62.4 Å². The van der Waals surface area contributed by atoms with Gasteiger partial charge in [0.2, 0.25) is 26.0 Å². The summed E-state index contributed by atoms with van der Waals surface area (Å²) in [5.74, 6) is 0.415. The van der Waals surface area contributed by atoms with Crippen LogP contribution >= 0.6 is 0 Å². The molecule has 1 saturated heterocycles. The van der Waals surface area contributed by atoms with Gasteiger partial charge in [0.25, 0.3) is 0 Å². The largest absolute Gasteiger partial charge is 0.497 e. The fraction of sp³-hybridized carbons (Fsp3) is 0.350. The minimum absolute atomic E-state index is 0.0310. The maximum absolute atomic E-state index is 12.5. The Morgan fingerprint density at radius 3 is 2.13 bits per heavy atom. The summed E-state index contributed by atoms with van der Waals surface area (Å²) < 4.78 is 63.3. The second-order valence-electron chi connectivity index (χ2n) is 7.63. The molecule has 11 heteroatoms. The van der Waals surface area contributed by atoms with Crippen molar-refractivity contribution in [3.63, 3.8) is 0 Å². The molecule has 3 rings (SSSR count). The molecular formula is C20H24N2O7S2. The number of nitrogens with zero attached hydrogens (tertiary/aromatic N) is 1. The zero-order valence-corrected chi connectivity index (χ0v) is 19.0. The minimum Gasteiger partial charge on any atom is -0.497 e. The summed E-state index contributed by atoms with van der Waals surface area (Å²) in [7, 11) is -6.08. The van der Waals surface area contributed by atoms with Crippen molar-refractivity contribution in [2.75, 3.05) is 30.3 Å². The van der Waals surface area contributed by atoms with Crippen LogP contribution in [0.1, 0.15) is 13.8 Å². The molecule has 0 atom stereocenters. The third-order valence-corrected chi connectivity index (χ3v) is 8.19. The topological polar surface area (TPSA) is 119 Å². The number of anilines is 1. The second kappa shape index (κ2) is 8.48. The highest BCUT2D eigenvalue weighted by Gasteiger charge is 2.49. The molecule has 0 saturated carbocycles. The van der Waals surface area contributed by atoms with E-state index in [2.05, 4.69) is 4.72 Å². The molecule has 0 bridgehead atoms. The first kappa shape index (κ1) is 23.0. The quantitative estimate of drug-likeness (QED) is 0.586. The molecule has 1 aliphatic rings. The first-order chi connectivity index (χ1) is 14.5. The van der Waals surface area contributed by atoms with Gasteiger partial charge in [0, 0.05) is 6.54 Å². The Bertz CT molecular complexity index is 1160. The van der Waals surface area contributed by atoms with Crippen molar-refractivity contribution in [1.29, 1.82) is 0 Å². The number of ether oxygens (including phenoxy) is 2. The van der Waals surface area contributed by atoms with Gasteiger partial charge in [-0.2, -0.15) is 0 Å². The fourth-order valence-electron chi connectivity index (χ4n) is 3.12. The number of nitrogens with one attached hydrogen (secondary N) is 1. The van der Waals surface area contributed by atoms with E-state index < -0.39 is 31.4 Å². The van der Waals surface area contributed by atoms with Gasteiger partial charge < -0.3 is 9.47 Å². The highest BCUT2D eigenvalue weighted by molar-refractivity contribution is 7.94. The van der Waals surface area contributed by atoms with Crippen LogP contribution in [0.4, 0.5) is 5.69 Å². The minimum atomic E-state index is -3.83. The van der Waals surface area contributed by atoms with Crippen molar-refractivity contribution in [2.24, 2.45) is 5.41 Å². The number of rotatable bonds is 8. The summed E-state index contributed by atoms with van der Waals surface area (Å²) in [6.07, 6.45) is 0. The smallest absolute Gasteiger partial charge is 0.247 e. The van der Waals surface area contributed by atoms with Gasteiger partial charge in [-0.25, -0.2) is 25.9 Å². The molecule has 0 radical (unpaired) electrons. The van der Waals surface area contributed by atoms with Crippen LogP contribution in [-0.2, 0) is 24.8 Å². The van der Waals surface area contributed by atoms with Gasteiger partial charge >= 0.3 is 0 Å². The summed E-state index contributed by atoms with van der Waals surface area (Å²) in [6, 6.07) is 12.0. The number of benzene rings is 2. The van der Waals surface area contributed by atoms with Crippen molar-refractivity contribution in [3.8, 4) is 11.5 Å². The fourth-order valence-corrected chi connectivity index (χ4v) is 6.24. The Balaban J connectivity index is 1.62. The lowest BCUT2D eigenvalue weighted by Gasteiger charge is -2.17. The molecule has 0 aromatic heterocycles. The van der Waals surface area contributed by atoms with Crippen LogP contribution in [0, 0.1) is 5.41 Å². The van der Waals surface area contributed by atoms with E-state index in [9.17, 15) is 21.6 Å². The zero-order chi connectivity index (χ0) is 22.9. The monoisotopic (exact) mass is 468 g/mol. The van der Waals surface area contributed by atoms with E-state index in [-0.39, 0.29) is 29.5 Å². The van der Waals surface area contributed by atoms with E-state index in [0.29, 0.717) is 11.5 Å². The lowest BCUT2D eigenvalue weighted by atomic mass is 9.95. The molecular weight excluding hydrogens is 444 g/mol. The first-order valence-corrected chi connectivity index (χ1v) is 12.5. The number of hydrogen-bond donors (Lipinski definition) is 1. The number of methoxy groups -OCH3 is 1. The highest BCUT2D eigenvalue weighted by atomic mass is 32.2. The normalized spacial score (nSPS) is 17.5. The molecule has 0 spiro atoms. The lowest BCUT2D eigenvalue weighted by molar-refractivity contribution is -0.123. The van der Waals surface area contributed by atoms with Crippen LogP contribution in [0.25, 0.3) is 0 Å². The maximum atomic E-state index is 12.5. The molecule has 9 nitrogen and oxygen atoms in total. The number of carbonyl (C=O) groups excluding carboxylic acids is 1. The predicted octanol–water partition coefficient (Wildman–Crippen LogP) is 1.76. The molecule has 1 heterocycles. The molecule has 1 N–H and O–H groups in total. The standard InChI is InChI=1S/C20H24N2O7S2/c1-20(2)14-30(24,25)22(19(20)23)15-4-10-18(11-5-15)31(26,27)21-12-13-29-17-8-6-16(28-3)7-9-17/h4-11,21H,12-14H2,1-3H3. The molecule has 0 aliphatic carbocycles. The summed E-state index contributed by atoms with van der Waals surface area (Å²) >= 11 is 0. The Hall–Kier alpha value is -2.63. The van der Waals surface area contributed by atoms with Crippen molar-refractivity contribution < 1.29 is 31.1 Å². The molecule has 1 aliphatic heterocycles. The van der Waals surface area contributed by atoms with E-state index >= 15 is 0 Å². The summed E-state index contributed by atoms with van der Waals surface area (Å²) in [4.78, 5) is 12.4. The molecule has 168 valence electrons. The highest BCUT2D eigenvalue weighted by Crippen LogP contribution is 2.35. The number of hydrogen-bond acceptors (Lipinski definition) is 7. The molecule has 1 amide bonds. The Kier molecular flexibility index (Phi) is 6.30. The molecule has 31 heavy (non-hydrogen) atoms. The van der Waals surface area contributed by atoms with Crippen LogP contribution in [0.3, 0.4) is 0 Å². The second-order valence-corrected chi connectivity index (χ2v) is 11.2. The van der Waals surface area contributed by atoms with Crippen molar-refractivity contribution in [1.82, 2.24) is 4.72 Å². The summed E-state index contributed by atoms with van der Waals surface area (Å²) in [6.45, 7) is 3.26. The van der Waals surface area contributed by atoms with Crippen molar-refractivity contribution in [3.05, 3.63) is 48.5 Å². The van der Waals surface area contributed by atoms with Gasteiger partial charge in [-0.15, -0.1) is 0 Å². The number of amides is 1. The Labute approximate surface area is 182 Å². The first-order valence-electron chi connectivity index (χ1n) is 9.40. The third-order valence-electron chi connectivity index (χ3n) is 4.69. The van der Waals surface area contributed by atoms with Crippen molar-refractivity contribution >= 4 is 31.6 Å². The maximum Gasteiger partial charge on any atom is 0.247 e. The molecule has 0 unspecified atom stereocenters. The van der Waals surface area contributed by atoms with Gasteiger partial charge in [0.1, 0.15) is 18.1 Å². The lowest BCUT2D eigenvalue weighted by Crippen LogP contribution is -2.33. The number of carbonyl (C=O) groups is 1. The summed E-state index contributed by atoms with van der Waals surface area (Å²) in [5.41, 5.74) is -0.924. The van der Waals surface area contributed by atoms with Crippen LogP contribution in [0.2, 0.25) is 0 Å². The van der Waals surface area contributed by atoms with E-state index in [1.54, 1.807) is 45.2 Å². The van der Waals surface area contributed by atoms with Crippen LogP contribution in [0.5, 0.6) is 11.5 Å². The van der Waals surface area contributed by atoms with Gasteiger partial charge in [0.15, 0.2) is 0 Å². The predicted molar refractivity (Wildman–Crippen MR) is 115 cm³/mol. The van der Waals surface area contributed by atoms with Crippen molar-refractivity contribution in [2.45, 2.75) is 18.7 Å². The Morgan fingerprint density at radius 1 is 1.03 bits per heavy atom. The molecule has 1 fully saturated rings. The van der Waals surface area contributed by atoms with Gasteiger partial charge in [-0.3, -0.25) is 4.79 Å². The average molecular weight is 469 g/mol. The van der Waals surface area contributed by atoms with Crippen LogP contribution < -0.4 is 18.5 Å². The van der Waals surface area contributed by atoms with E-state index in [1.165, 1.54) is 24.3 Å². The van der Waals surface area contributed by atoms with Crippen LogP contribution in [-0.4, -0.2) is 48.8 Å². The Morgan fingerprint density at radius 2 is 1.61 bits per heavy atom.